The van der Waals surface area contributed by atoms with Gasteiger partial charge >= 0.3 is 0 Å². The fraction of sp³-hybridized carbons (Fsp3) is 0.625. The molecule has 0 spiro atoms. The predicted molar refractivity (Wildman–Crippen MR) is 76.2 cm³/mol. The highest BCUT2D eigenvalue weighted by Gasteiger charge is 2.19. The van der Waals surface area contributed by atoms with E-state index >= 15 is 0 Å². The minimum absolute atomic E-state index is 0.0758. The van der Waals surface area contributed by atoms with Crippen LogP contribution in [0.3, 0.4) is 0 Å². The number of hydrogen-bond donors (Lipinski definition) is 1. The maximum Gasteiger partial charge on any atom is 0.132 e. The molecule has 3 nitrogen and oxygen atoms in total. The van der Waals surface area contributed by atoms with Crippen LogP contribution in [0.25, 0.3) is 0 Å². The van der Waals surface area contributed by atoms with Gasteiger partial charge in [0.1, 0.15) is 6.23 Å². The third kappa shape index (κ3) is 4.94. The summed E-state index contributed by atoms with van der Waals surface area (Å²) in [5.41, 5.74) is 2.68. The van der Waals surface area contributed by atoms with E-state index in [1.807, 2.05) is 0 Å². The molecule has 1 fully saturated rings. The fourth-order valence-corrected chi connectivity index (χ4v) is 2.46. The Kier molecular flexibility index (Phi) is 5.83. The Bertz CT molecular complexity index is 358. The fourth-order valence-electron chi connectivity index (χ4n) is 2.46. The zero-order chi connectivity index (χ0) is 13.5. The van der Waals surface area contributed by atoms with Crippen molar-refractivity contribution in [3.8, 4) is 0 Å². The number of ether oxygens (including phenoxy) is 1. The largest absolute Gasteiger partial charge is 0.361 e. The van der Waals surface area contributed by atoms with E-state index in [1.54, 1.807) is 0 Å². The Balaban J connectivity index is 1.62. The Hall–Kier alpha value is -0.900. The van der Waals surface area contributed by atoms with Gasteiger partial charge in [-0.25, -0.2) is 0 Å². The minimum Gasteiger partial charge on any atom is -0.361 e. The molecule has 1 unspecified atom stereocenters. The van der Waals surface area contributed by atoms with E-state index in [0.29, 0.717) is 6.54 Å². The number of rotatable bonds is 6. The second kappa shape index (κ2) is 7.63. The molecule has 0 saturated carbocycles. The molecule has 1 aromatic carbocycles. The highest BCUT2D eigenvalue weighted by atomic mass is 16.6. The summed E-state index contributed by atoms with van der Waals surface area (Å²) in [6, 6.07) is 8.69. The molecule has 2 rings (SSSR count). The Morgan fingerprint density at radius 2 is 2.00 bits per heavy atom. The molecule has 0 amide bonds. The molecule has 1 N–H and O–H groups in total. The molecule has 3 heteroatoms. The Morgan fingerprint density at radius 3 is 2.68 bits per heavy atom. The van der Waals surface area contributed by atoms with E-state index < -0.39 is 0 Å². The van der Waals surface area contributed by atoms with Gasteiger partial charge in [0, 0.05) is 13.2 Å². The van der Waals surface area contributed by atoms with Crippen molar-refractivity contribution in [3.63, 3.8) is 0 Å². The predicted octanol–water partition coefficient (Wildman–Crippen LogP) is 3.54. The van der Waals surface area contributed by atoms with E-state index in [1.165, 1.54) is 16.2 Å². The topological polar surface area (TPSA) is 32.7 Å². The van der Waals surface area contributed by atoms with Crippen LogP contribution in [0.5, 0.6) is 0 Å². The maximum absolute atomic E-state index is 9.92. The first-order valence-corrected chi connectivity index (χ1v) is 7.38. The van der Waals surface area contributed by atoms with Gasteiger partial charge in [0.25, 0.3) is 0 Å². The van der Waals surface area contributed by atoms with Gasteiger partial charge in [0.15, 0.2) is 0 Å². The van der Waals surface area contributed by atoms with Crippen LogP contribution in [-0.4, -0.2) is 29.7 Å². The molecule has 0 bridgehead atoms. The molecule has 1 heterocycles. The standard InChI is InChI=1S/C16H25NO2/c1-14-8-10-15(11-9-14)6-2-4-12-17(18)16-7-3-5-13-19-16/h8-11,16,18H,2-7,12-13H2,1H3. The van der Waals surface area contributed by atoms with Crippen molar-refractivity contribution in [3.05, 3.63) is 35.4 Å². The third-order valence-electron chi connectivity index (χ3n) is 3.71. The second-order valence-corrected chi connectivity index (χ2v) is 5.43. The molecule has 0 aliphatic carbocycles. The van der Waals surface area contributed by atoms with Gasteiger partial charge in [-0.1, -0.05) is 29.8 Å². The van der Waals surface area contributed by atoms with Crippen LogP contribution >= 0.6 is 0 Å². The summed E-state index contributed by atoms with van der Waals surface area (Å²) < 4.78 is 5.54. The van der Waals surface area contributed by atoms with Gasteiger partial charge < -0.3 is 9.94 Å². The summed E-state index contributed by atoms with van der Waals surface area (Å²) in [5, 5.41) is 11.3. The number of nitrogens with zero attached hydrogens (tertiary/aromatic N) is 1. The lowest BCUT2D eigenvalue weighted by molar-refractivity contribution is -0.227. The van der Waals surface area contributed by atoms with Crippen LogP contribution in [0.4, 0.5) is 0 Å². The molecule has 0 radical (unpaired) electrons. The van der Waals surface area contributed by atoms with Gasteiger partial charge in [-0.2, -0.15) is 5.06 Å². The minimum atomic E-state index is -0.0758. The van der Waals surface area contributed by atoms with Crippen molar-refractivity contribution in [1.82, 2.24) is 5.06 Å². The average molecular weight is 263 g/mol. The lowest BCUT2D eigenvalue weighted by Gasteiger charge is -2.29. The van der Waals surface area contributed by atoms with Crippen molar-refractivity contribution < 1.29 is 9.94 Å². The molecular formula is C16H25NO2. The quantitative estimate of drug-likeness (QED) is 0.629. The molecule has 1 saturated heterocycles. The molecular weight excluding hydrogens is 238 g/mol. The van der Waals surface area contributed by atoms with Crippen LogP contribution < -0.4 is 0 Å². The van der Waals surface area contributed by atoms with E-state index in [-0.39, 0.29) is 6.23 Å². The van der Waals surface area contributed by atoms with Crippen molar-refractivity contribution >= 4 is 0 Å². The molecule has 1 atom stereocenters. The summed E-state index contributed by atoms with van der Waals surface area (Å²) >= 11 is 0. The molecule has 1 aromatic rings. The summed E-state index contributed by atoms with van der Waals surface area (Å²) in [6.45, 7) is 3.60. The first-order chi connectivity index (χ1) is 9.25. The highest BCUT2D eigenvalue weighted by Crippen LogP contribution is 2.16. The van der Waals surface area contributed by atoms with Crippen molar-refractivity contribution in [2.45, 2.75) is 51.7 Å². The van der Waals surface area contributed by atoms with E-state index in [9.17, 15) is 5.21 Å². The zero-order valence-corrected chi connectivity index (χ0v) is 11.8. The highest BCUT2D eigenvalue weighted by molar-refractivity contribution is 5.21. The van der Waals surface area contributed by atoms with Crippen LogP contribution in [0.1, 0.15) is 43.2 Å². The average Bonchev–Trinajstić information content (AvgIpc) is 2.46. The summed E-state index contributed by atoms with van der Waals surface area (Å²) in [7, 11) is 0. The van der Waals surface area contributed by atoms with Gasteiger partial charge in [0.2, 0.25) is 0 Å². The summed E-state index contributed by atoms with van der Waals surface area (Å²) in [4.78, 5) is 0. The van der Waals surface area contributed by atoms with Crippen LogP contribution in [0.15, 0.2) is 24.3 Å². The van der Waals surface area contributed by atoms with Gasteiger partial charge in [-0.3, -0.25) is 0 Å². The monoisotopic (exact) mass is 263 g/mol. The van der Waals surface area contributed by atoms with E-state index in [4.69, 9.17) is 4.74 Å². The normalized spacial score (nSPS) is 19.8. The molecule has 0 aromatic heterocycles. The van der Waals surface area contributed by atoms with Crippen molar-refractivity contribution in [1.29, 1.82) is 0 Å². The van der Waals surface area contributed by atoms with Crippen LogP contribution in [-0.2, 0) is 11.2 Å². The molecule has 1 aliphatic heterocycles. The Labute approximate surface area is 116 Å². The smallest absolute Gasteiger partial charge is 0.132 e. The molecule has 106 valence electrons. The third-order valence-corrected chi connectivity index (χ3v) is 3.71. The van der Waals surface area contributed by atoms with Crippen molar-refractivity contribution in [2.24, 2.45) is 0 Å². The SMILES string of the molecule is Cc1ccc(CCCCN(O)C2CCCCO2)cc1. The van der Waals surface area contributed by atoms with Gasteiger partial charge in [-0.15, -0.1) is 0 Å². The Morgan fingerprint density at radius 1 is 1.21 bits per heavy atom. The van der Waals surface area contributed by atoms with E-state index in [0.717, 1.165) is 45.1 Å². The number of hydrogen-bond acceptors (Lipinski definition) is 3. The lowest BCUT2D eigenvalue weighted by Crippen LogP contribution is -2.37. The zero-order valence-electron chi connectivity index (χ0n) is 11.8. The maximum atomic E-state index is 9.92. The number of benzene rings is 1. The first kappa shape index (κ1) is 14.5. The first-order valence-electron chi connectivity index (χ1n) is 7.38. The molecule has 1 aliphatic rings. The van der Waals surface area contributed by atoms with E-state index in [2.05, 4.69) is 31.2 Å². The number of unbranched alkanes of at least 4 members (excludes halogenated alkanes) is 1. The number of aryl methyl sites for hydroxylation is 2. The van der Waals surface area contributed by atoms with Crippen molar-refractivity contribution in [2.75, 3.05) is 13.2 Å². The molecule has 19 heavy (non-hydrogen) atoms. The van der Waals surface area contributed by atoms with Gasteiger partial charge in [0.05, 0.1) is 0 Å². The lowest BCUT2D eigenvalue weighted by atomic mass is 10.1. The van der Waals surface area contributed by atoms with Crippen LogP contribution in [0, 0.1) is 6.92 Å². The number of hydroxylamine groups is 2. The van der Waals surface area contributed by atoms with Gasteiger partial charge in [-0.05, 0) is 51.0 Å². The second-order valence-electron chi connectivity index (χ2n) is 5.43. The van der Waals surface area contributed by atoms with Crippen LogP contribution in [0.2, 0.25) is 0 Å². The summed E-state index contributed by atoms with van der Waals surface area (Å²) in [5.74, 6) is 0. The summed E-state index contributed by atoms with van der Waals surface area (Å²) in [6.07, 6.45) is 6.35.